The molecule has 0 fully saturated rings. The van der Waals surface area contributed by atoms with Crippen molar-refractivity contribution in [1.29, 1.82) is 0 Å². The summed E-state index contributed by atoms with van der Waals surface area (Å²) in [5, 5.41) is 22.5. The van der Waals surface area contributed by atoms with Crippen LogP contribution in [-0.2, 0) is 32.3 Å². The van der Waals surface area contributed by atoms with Gasteiger partial charge in [0.05, 0.1) is 17.8 Å². The second-order valence-electron chi connectivity index (χ2n) is 19.6. The van der Waals surface area contributed by atoms with Gasteiger partial charge in [-0.1, -0.05) is 72.8 Å². The number of carbonyl (C=O) groups excluding carboxylic acids is 2. The number of nitrogens with one attached hydrogen (secondary N) is 1. The molecule has 4 atom stereocenters. The number of nitrogen functional groups attached to an aromatic ring is 1. The van der Waals surface area contributed by atoms with E-state index >= 15 is 0 Å². The van der Waals surface area contributed by atoms with Crippen LogP contribution < -0.4 is 19.9 Å². The van der Waals surface area contributed by atoms with Crippen molar-refractivity contribution >= 4 is 33.6 Å². The summed E-state index contributed by atoms with van der Waals surface area (Å²) in [6.07, 6.45) is -2.29. The van der Waals surface area contributed by atoms with Crippen LogP contribution in [0.3, 0.4) is 0 Å². The Morgan fingerprint density at radius 3 is 1.45 bits per heavy atom. The van der Waals surface area contributed by atoms with Gasteiger partial charge in [-0.3, -0.25) is 14.5 Å². The van der Waals surface area contributed by atoms with E-state index in [4.69, 9.17) is 24.7 Å². The summed E-state index contributed by atoms with van der Waals surface area (Å²) < 4.78 is 86.5. The van der Waals surface area contributed by atoms with Gasteiger partial charge < -0.3 is 34.9 Å². The van der Waals surface area contributed by atoms with Gasteiger partial charge in [0.1, 0.15) is 46.1 Å². The molecule has 4 aromatic rings. The Morgan fingerprint density at radius 2 is 1.06 bits per heavy atom. The van der Waals surface area contributed by atoms with Gasteiger partial charge in [0.2, 0.25) is 0 Å². The van der Waals surface area contributed by atoms with Crippen molar-refractivity contribution in [2.75, 3.05) is 23.5 Å². The van der Waals surface area contributed by atoms with Crippen molar-refractivity contribution < 1.29 is 60.3 Å². The van der Waals surface area contributed by atoms with Crippen LogP contribution in [0.2, 0.25) is 0 Å². The number of carbonyl (C=O) groups is 2. The number of nitrogens with zero attached hydrogens (tertiary/aromatic N) is 2. The van der Waals surface area contributed by atoms with E-state index < -0.39 is 74.4 Å². The Balaban J connectivity index is 0.000000256. The number of sulfonamides is 1. The predicted octanol–water partition coefficient (Wildman–Crippen LogP) is 9.32. The average Bonchev–Trinajstić information content (AvgIpc) is 3.19. The van der Waals surface area contributed by atoms with Gasteiger partial charge >= 0.3 is 27.7 Å². The van der Waals surface area contributed by atoms with Crippen molar-refractivity contribution in [3.8, 4) is 11.5 Å². The standard InChI is InChI=1S/C25H31F3N2O6S.C24H32N2O4/c1-23(2,3)36-22(32)30(14-13-16-9-7-6-8-10-16)20-18-12-11-17(29-37(33,34)25(26,27)28)15-19(18)35-24(4,5)21(20)31;1-23(2,3)30-22(28)26(14-13-16-9-7-6-8-10-16)20-18-12-11-17(25)15-19(18)29-24(4,5)21(20)27/h6-12,15,20-21,29,31H,13-14H2,1-5H3;6-12,15,20-21,27H,13-14,25H2,1-5H3/t2*20-,21+/m00/s1. The third kappa shape index (κ3) is 13.3. The molecule has 2 aliphatic rings. The molecule has 0 saturated carbocycles. The fraction of sp³-hybridized carbons (Fsp3) is 0.469. The number of fused-ring (bicyclic) bond motifs is 2. The summed E-state index contributed by atoms with van der Waals surface area (Å²) in [7, 11) is -5.66. The fourth-order valence-electron chi connectivity index (χ4n) is 7.61. The van der Waals surface area contributed by atoms with Gasteiger partial charge in [0.25, 0.3) is 0 Å². The van der Waals surface area contributed by atoms with Crippen LogP contribution in [0.4, 0.5) is 34.1 Å². The SMILES string of the molecule is CC(C)(C)OC(=O)N(CCc1ccccc1)[C@H]1c2ccc(N)cc2OC(C)(C)[C@@H]1O.CC(C)(C)OC(=O)N(CCc1ccccc1)[C@H]1c2ccc(NS(=O)(=O)C(F)(F)F)cc2OC(C)(C)[C@@H]1O. The zero-order valence-electron chi connectivity index (χ0n) is 39.5. The van der Waals surface area contributed by atoms with E-state index in [9.17, 15) is 41.4 Å². The number of halogens is 3. The minimum absolute atomic E-state index is 0.0240. The summed E-state index contributed by atoms with van der Waals surface area (Å²) in [4.78, 5) is 29.6. The Bertz CT molecular complexity index is 2460. The summed E-state index contributed by atoms with van der Waals surface area (Å²) in [5.41, 5.74) is 0.000769. The molecule has 2 heterocycles. The normalized spacial score (nSPS) is 19.7. The van der Waals surface area contributed by atoms with Gasteiger partial charge in [0.15, 0.2) is 0 Å². The van der Waals surface area contributed by atoms with E-state index in [2.05, 4.69) is 0 Å². The highest BCUT2D eigenvalue weighted by Crippen LogP contribution is 2.46. The first-order valence-electron chi connectivity index (χ1n) is 21.8. The lowest BCUT2D eigenvalue weighted by Gasteiger charge is -2.46. The van der Waals surface area contributed by atoms with E-state index in [0.29, 0.717) is 36.4 Å². The maximum absolute atomic E-state index is 13.3. The molecule has 4 aromatic carbocycles. The van der Waals surface area contributed by atoms with Crippen molar-refractivity contribution in [1.82, 2.24) is 9.80 Å². The maximum atomic E-state index is 13.3. The molecule has 2 amide bonds. The fourth-order valence-corrected chi connectivity index (χ4v) is 8.16. The van der Waals surface area contributed by atoms with Gasteiger partial charge in [-0.15, -0.1) is 0 Å². The van der Waals surface area contributed by atoms with Crippen LogP contribution in [0, 0.1) is 0 Å². The number of aliphatic hydroxyl groups is 2. The summed E-state index contributed by atoms with van der Waals surface area (Å²) >= 11 is 0. The number of benzene rings is 4. The first kappa shape index (κ1) is 52.3. The Kier molecular flexibility index (Phi) is 15.5. The maximum Gasteiger partial charge on any atom is 0.516 e. The van der Waals surface area contributed by atoms with Gasteiger partial charge in [0, 0.05) is 42.0 Å². The second kappa shape index (κ2) is 19.9. The van der Waals surface area contributed by atoms with Gasteiger partial charge in [-0.05, 0) is 105 Å². The molecule has 366 valence electrons. The number of aliphatic hydroxyl groups excluding tert-OH is 2. The molecule has 6 rings (SSSR count). The minimum atomic E-state index is -5.66. The number of ether oxygens (including phenoxy) is 4. The van der Waals surface area contributed by atoms with Crippen LogP contribution in [0.1, 0.15) is 104 Å². The zero-order valence-corrected chi connectivity index (χ0v) is 40.4. The molecular formula is C49H63F3N4O10S. The number of rotatable bonds is 10. The van der Waals surface area contributed by atoms with Crippen LogP contribution in [0.5, 0.6) is 11.5 Å². The first-order valence-corrected chi connectivity index (χ1v) is 23.3. The quantitative estimate of drug-likeness (QED) is 0.111. The minimum Gasteiger partial charge on any atom is -0.485 e. The molecule has 0 aliphatic carbocycles. The smallest absolute Gasteiger partial charge is 0.485 e. The average molecular weight is 957 g/mol. The van der Waals surface area contributed by atoms with E-state index in [0.717, 1.165) is 28.8 Å². The molecule has 18 heteroatoms. The first-order chi connectivity index (χ1) is 30.9. The molecule has 0 radical (unpaired) electrons. The lowest BCUT2D eigenvalue weighted by Crippen LogP contribution is -2.55. The Morgan fingerprint density at radius 1 is 0.672 bits per heavy atom. The Hall–Kier alpha value is -5.72. The molecule has 0 saturated heterocycles. The van der Waals surface area contributed by atoms with E-state index in [1.807, 2.05) is 87.5 Å². The third-order valence-electron chi connectivity index (χ3n) is 10.9. The van der Waals surface area contributed by atoms with Crippen molar-refractivity contribution in [3.63, 3.8) is 0 Å². The van der Waals surface area contributed by atoms with Crippen molar-refractivity contribution in [3.05, 3.63) is 119 Å². The summed E-state index contributed by atoms with van der Waals surface area (Å²) in [5.74, 6) is 0.597. The number of hydrogen-bond acceptors (Lipinski definition) is 11. The number of alkyl halides is 3. The topological polar surface area (TPSA) is 190 Å². The van der Waals surface area contributed by atoms with E-state index in [1.165, 1.54) is 15.7 Å². The largest absolute Gasteiger partial charge is 0.516 e. The van der Waals surface area contributed by atoms with E-state index in [-0.39, 0.29) is 18.0 Å². The zero-order chi connectivity index (χ0) is 49.9. The van der Waals surface area contributed by atoms with Gasteiger partial charge in [-0.2, -0.15) is 21.6 Å². The lowest BCUT2D eigenvalue weighted by atomic mass is 9.85. The second-order valence-corrected chi connectivity index (χ2v) is 21.3. The molecule has 0 spiro atoms. The summed E-state index contributed by atoms with van der Waals surface area (Å²) in [6.45, 7) is 17.9. The molecule has 0 bridgehead atoms. The number of amides is 2. The third-order valence-corrected chi connectivity index (χ3v) is 12.0. The van der Waals surface area contributed by atoms with Crippen molar-refractivity contribution in [2.45, 2.75) is 134 Å². The van der Waals surface area contributed by atoms with Crippen molar-refractivity contribution in [2.24, 2.45) is 0 Å². The molecule has 0 aromatic heterocycles. The van der Waals surface area contributed by atoms with Crippen LogP contribution in [-0.4, -0.2) is 93.8 Å². The molecular weight excluding hydrogens is 894 g/mol. The molecule has 0 unspecified atom stereocenters. The van der Waals surface area contributed by atoms with Gasteiger partial charge in [-0.25, -0.2) is 9.59 Å². The summed E-state index contributed by atoms with van der Waals surface area (Å²) in [6, 6.07) is 26.5. The van der Waals surface area contributed by atoms with E-state index in [1.54, 1.807) is 65.5 Å². The van der Waals surface area contributed by atoms with Crippen LogP contribution in [0.15, 0.2) is 97.1 Å². The number of nitrogens with two attached hydrogens (primary N) is 1. The lowest BCUT2D eigenvalue weighted by molar-refractivity contribution is -0.0939. The molecule has 67 heavy (non-hydrogen) atoms. The monoisotopic (exact) mass is 956 g/mol. The number of anilines is 2. The van der Waals surface area contributed by atoms with Crippen LogP contribution >= 0.6 is 0 Å². The molecule has 14 nitrogen and oxygen atoms in total. The predicted molar refractivity (Wildman–Crippen MR) is 249 cm³/mol. The highest BCUT2D eigenvalue weighted by atomic mass is 32.2. The molecule has 2 aliphatic heterocycles. The number of hydrogen-bond donors (Lipinski definition) is 4. The highest BCUT2D eigenvalue weighted by Gasteiger charge is 2.50. The van der Waals surface area contributed by atoms with Crippen LogP contribution in [0.25, 0.3) is 0 Å². The highest BCUT2D eigenvalue weighted by molar-refractivity contribution is 7.93. The molecule has 5 N–H and O–H groups in total. The Labute approximate surface area is 391 Å².